The van der Waals surface area contributed by atoms with Crippen LogP contribution in [0.15, 0.2) is 5.38 Å². The van der Waals surface area contributed by atoms with E-state index in [9.17, 15) is 4.79 Å². The van der Waals surface area contributed by atoms with Crippen LogP contribution in [0.2, 0.25) is 0 Å². The van der Waals surface area contributed by atoms with Crippen LogP contribution in [0.3, 0.4) is 0 Å². The van der Waals surface area contributed by atoms with Crippen LogP contribution < -0.4 is 5.32 Å². The molecule has 1 N–H and O–H groups in total. The maximum atomic E-state index is 11.3. The van der Waals surface area contributed by atoms with Crippen molar-refractivity contribution in [3.63, 3.8) is 0 Å². The highest BCUT2D eigenvalue weighted by molar-refractivity contribution is 7.13. The molecular formula is C15H27N3O2S. The number of esters is 1. The highest BCUT2D eigenvalue weighted by Gasteiger charge is 2.06. The lowest BCUT2D eigenvalue weighted by molar-refractivity contribution is -0.143. The molecule has 5 nitrogen and oxygen atoms in total. The molecule has 0 amide bonds. The van der Waals surface area contributed by atoms with Gasteiger partial charge in [0.1, 0.15) is 0 Å². The van der Waals surface area contributed by atoms with Gasteiger partial charge in [-0.1, -0.05) is 13.8 Å². The Hall–Kier alpha value is -1.14. The molecule has 0 aliphatic rings. The van der Waals surface area contributed by atoms with E-state index in [4.69, 9.17) is 4.74 Å². The first-order chi connectivity index (χ1) is 10.2. The summed E-state index contributed by atoms with van der Waals surface area (Å²) in [5, 5.41) is 6.29. The van der Waals surface area contributed by atoms with Crippen molar-refractivity contribution < 1.29 is 9.53 Å². The average Bonchev–Trinajstić information content (AvgIpc) is 2.94. The fourth-order valence-electron chi connectivity index (χ4n) is 2.00. The molecule has 1 aromatic heterocycles. The fourth-order valence-corrected chi connectivity index (χ4v) is 2.78. The molecule has 1 aromatic rings. The second kappa shape index (κ2) is 10.6. The van der Waals surface area contributed by atoms with Crippen molar-refractivity contribution in [1.82, 2.24) is 9.88 Å². The zero-order valence-electron chi connectivity index (χ0n) is 13.4. The molecular weight excluding hydrogens is 286 g/mol. The molecule has 0 spiro atoms. The van der Waals surface area contributed by atoms with Crippen LogP contribution in [0.4, 0.5) is 5.13 Å². The third-order valence-corrected chi connectivity index (χ3v) is 4.11. The molecule has 0 radical (unpaired) electrons. The lowest BCUT2D eigenvalue weighted by Crippen LogP contribution is -2.25. The van der Waals surface area contributed by atoms with Crippen molar-refractivity contribution in [1.29, 1.82) is 0 Å². The van der Waals surface area contributed by atoms with Gasteiger partial charge in [-0.2, -0.15) is 0 Å². The van der Waals surface area contributed by atoms with Gasteiger partial charge in [-0.05, 0) is 33.0 Å². The van der Waals surface area contributed by atoms with Gasteiger partial charge in [0, 0.05) is 18.3 Å². The number of carbonyl (C=O) groups excluding carboxylic acids is 1. The molecule has 120 valence electrons. The summed E-state index contributed by atoms with van der Waals surface area (Å²) in [7, 11) is 0. The van der Waals surface area contributed by atoms with Crippen molar-refractivity contribution in [2.45, 2.75) is 40.0 Å². The number of rotatable bonds is 11. The maximum Gasteiger partial charge on any atom is 0.306 e. The summed E-state index contributed by atoms with van der Waals surface area (Å²) in [6.45, 7) is 10.9. The predicted molar refractivity (Wildman–Crippen MR) is 88.0 cm³/mol. The fraction of sp³-hybridized carbons (Fsp3) is 0.733. The quantitative estimate of drug-likeness (QED) is 0.503. The molecule has 0 saturated carbocycles. The SMILES string of the molecule is CCOC(=O)CCc1csc(NCCCN(CC)CC)n1. The lowest BCUT2D eigenvalue weighted by Gasteiger charge is -2.17. The van der Waals surface area contributed by atoms with E-state index in [2.05, 4.69) is 29.0 Å². The average molecular weight is 313 g/mol. The number of nitrogens with one attached hydrogen (secondary N) is 1. The normalized spacial score (nSPS) is 10.9. The van der Waals surface area contributed by atoms with E-state index < -0.39 is 0 Å². The third kappa shape index (κ3) is 7.43. The Kier molecular flexibility index (Phi) is 9.01. The van der Waals surface area contributed by atoms with Crippen molar-refractivity contribution in [3.05, 3.63) is 11.1 Å². The number of hydrogen-bond acceptors (Lipinski definition) is 6. The second-order valence-electron chi connectivity index (χ2n) is 4.76. The summed E-state index contributed by atoms with van der Waals surface area (Å²) in [6.07, 6.45) is 2.16. The lowest BCUT2D eigenvalue weighted by atomic mass is 10.2. The number of hydrogen-bond donors (Lipinski definition) is 1. The van der Waals surface area contributed by atoms with Gasteiger partial charge in [-0.15, -0.1) is 11.3 Å². The summed E-state index contributed by atoms with van der Waals surface area (Å²) in [5.41, 5.74) is 0.958. The standard InChI is InChI=1S/C15H27N3O2S/c1-4-18(5-2)11-7-10-16-15-17-13(12-21-15)8-9-14(19)20-6-3/h12H,4-11H2,1-3H3,(H,16,17). The summed E-state index contributed by atoms with van der Waals surface area (Å²) < 4.78 is 4.91. The first-order valence-corrected chi connectivity index (χ1v) is 8.63. The number of aromatic nitrogens is 1. The number of ether oxygens (including phenoxy) is 1. The van der Waals surface area contributed by atoms with Crippen molar-refractivity contribution in [2.24, 2.45) is 0 Å². The van der Waals surface area contributed by atoms with Crippen LogP contribution in [0.5, 0.6) is 0 Å². The van der Waals surface area contributed by atoms with Gasteiger partial charge in [-0.3, -0.25) is 4.79 Å². The number of anilines is 1. The molecule has 0 fully saturated rings. The molecule has 0 aromatic carbocycles. The van der Waals surface area contributed by atoms with E-state index in [0.717, 1.165) is 43.4 Å². The smallest absolute Gasteiger partial charge is 0.306 e. The number of aryl methyl sites for hydroxylation is 1. The van der Waals surface area contributed by atoms with Gasteiger partial charge in [-0.25, -0.2) is 4.98 Å². The zero-order valence-corrected chi connectivity index (χ0v) is 14.2. The molecule has 0 unspecified atom stereocenters. The Balaban J connectivity index is 2.21. The topological polar surface area (TPSA) is 54.5 Å². The van der Waals surface area contributed by atoms with E-state index in [1.165, 1.54) is 0 Å². The van der Waals surface area contributed by atoms with Gasteiger partial charge >= 0.3 is 5.97 Å². The van der Waals surface area contributed by atoms with Gasteiger partial charge in [0.25, 0.3) is 0 Å². The van der Waals surface area contributed by atoms with Crippen molar-refractivity contribution in [3.8, 4) is 0 Å². The Bertz CT molecular complexity index is 405. The van der Waals surface area contributed by atoms with Crippen LogP contribution >= 0.6 is 11.3 Å². The summed E-state index contributed by atoms with van der Waals surface area (Å²) in [4.78, 5) is 18.2. The first-order valence-electron chi connectivity index (χ1n) is 7.75. The second-order valence-corrected chi connectivity index (χ2v) is 5.61. The number of nitrogens with zero attached hydrogens (tertiary/aromatic N) is 2. The van der Waals surface area contributed by atoms with Crippen LogP contribution in [-0.2, 0) is 16.0 Å². The van der Waals surface area contributed by atoms with E-state index in [-0.39, 0.29) is 5.97 Å². The van der Waals surface area contributed by atoms with Crippen molar-refractivity contribution in [2.75, 3.05) is 38.1 Å². The Morgan fingerprint density at radius 2 is 2.14 bits per heavy atom. The highest BCUT2D eigenvalue weighted by atomic mass is 32.1. The number of thiazole rings is 1. The molecule has 0 atom stereocenters. The third-order valence-electron chi connectivity index (χ3n) is 3.26. The summed E-state index contributed by atoms with van der Waals surface area (Å²) in [5.74, 6) is -0.153. The first kappa shape index (κ1) is 17.9. The van der Waals surface area contributed by atoms with E-state index in [1.807, 2.05) is 12.3 Å². The van der Waals surface area contributed by atoms with Crippen LogP contribution in [0, 0.1) is 0 Å². The molecule has 0 saturated heterocycles. The number of carbonyl (C=O) groups is 1. The van der Waals surface area contributed by atoms with Gasteiger partial charge in [0.2, 0.25) is 0 Å². The van der Waals surface area contributed by atoms with Gasteiger partial charge < -0.3 is 15.0 Å². The van der Waals surface area contributed by atoms with E-state index >= 15 is 0 Å². The molecule has 0 aliphatic carbocycles. The van der Waals surface area contributed by atoms with Gasteiger partial charge in [0.05, 0.1) is 18.7 Å². The summed E-state index contributed by atoms with van der Waals surface area (Å²) in [6, 6.07) is 0. The molecule has 0 bridgehead atoms. The molecule has 0 aliphatic heterocycles. The van der Waals surface area contributed by atoms with Crippen molar-refractivity contribution >= 4 is 22.4 Å². The highest BCUT2D eigenvalue weighted by Crippen LogP contribution is 2.16. The largest absolute Gasteiger partial charge is 0.466 e. The zero-order chi connectivity index (χ0) is 15.5. The molecule has 1 heterocycles. The predicted octanol–water partition coefficient (Wildman–Crippen LogP) is 2.78. The van der Waals surface area contributed by atoms with Gasteiger partial charge in [0.15, 0.2) is 5.13 Å². The maximum absolute atomic E-state index is 11.3. The Labute approximate surface area is 131 Å². The summed E-state index contributed by atoms with van der Waals surface area (Å²) >= 11 is 1.60. The molecule has 1 rings (SSSR count). The molecule has 6 heteroatoms. The minimum absolute atomic E-state index is 0.153. The Morgan fingerprint density at radius 1 is 1.38 bits per heavy atom. The van der Waals surface area contributed by atoms with Crippen LogP contribution in [0.25, 0.3) is 0 Å². The van der Waals surface area contributed by atoms with E-state index in [1.54, 1.807) is 11.3 Å². The minimum atomic E-state index is -0.153. The Morgan fingerprint density at radius 3 is 2.81 bits per heavy atom. The monoisotopic (exact) mass is 313 g/mol. The minimum Gasteiger partial charge on any atom is -0.466 e. The van der Waals surface area contributed by atoms with Crippen LogP contribution in [0.1, 0.15) is 39.3 Å². The molecule has 21 heavy (non-hydrogen) atoms. The van der Waals surface area contributed by atoms with Crippen LogP contribution in [-0.4, -0.2) is 48.6 Å². The van der Waals surface area contributed by atoms with E-state index in [0.29, 0.717) is 19.4 Å².